The van der Waals surface area contributed by atoms with E-state index in [-0.39, 0.29) is 24.3 Å². The molecular weight excluding hydrogens is 424 g/mol. The van der Waals surface area contributed by atoms with Crippen molar-refractivity contribution in [2.45, 2.75) is 45.8 Å². The number of anilines is 1. The van der Waals surface area contributed by atoms with E-state index in [4.69, 9.17) is 4.98 Å². The number of aryl methyl sites for hydroxylation is 2. The maximum atomic E-state index is 13.9. The number of hydrogen-bond donors (Lipinski definition) is 1. The van der Waals surface area contributed by atoms with E-state index in [9.17, 15) is 9.59 Å². The van der Waals surface area contributed by atoms with E-state index in [1.165, 1.54) is 0 Å². The Labute approximate surface area is 199 Å². The lowest BCUT2D eigenvalue weighted by atomic mass is 10.0. The number of aromatic nitrogens is 2. The highest BCUT2D eigenvalue weighted by atomic mass is 16.2. The average molecular weight is 453 g/mol. The number of fused-ring (bicyclic) bond motifs is 3. The van der Waals surface area contributed by atoms with Crippen molar-refractivity contribution in [2.24, 2.45) is 0 Å². The van der Waals surface area contributed by atoms with Gasteiger partial charge in [0.25, 0.3) is 0 Å². The first kappa shape index (κ1) is 21.9. The van der Waals surface area contributed by atoms with Gasteiger partial charge in [0, 0.05) is 12.2 Å². The molecule has 6 nitrogen and oxygen atoms in total. The minimum atomic E-state index is -0.661. The number of carbonyl (C=O) groups excluding carboxylic acids is 2. The molecule has 0 radical (unpaired) electrons. The number of carbonyl (C=O) groups is 2. The van der Waals surface area contributed by atoms with Gasteiger partial charge in [0.15, 0.2) is 0 Å². The van der Waals surface area contributed by atoms with E-state index in [2.05, 4.69) is 5.32 Å². The summed E-state index contributed by atoms with van der Waals surface area (Å²) in [6.07, 6.45) is 0.0397. The first-order chi connectivity index (χ1) is 16.4. The van der Waals surface area contributed by atoms with E-state index in [1.54, 1.807) is 0 Å². The van der Waals surface area contributed by atoms with Crippen LogP contribution < -0.4 is 5.32 Å². The summed E-state index contributed by atoms with van der Waals surface area (Å²) in [5.74, 6) is 0.555. The van der Waals surface area contributed by atoms with Gasteiger partial charge in [-0.1, -0.05) is 60.7 Å². The third-order valence-electron chi connectivity index (χ3n) is 6.66. The highest BCUT2D eigenvalue weighted by Gasteiger charge is 2.40. The predicted molar refractivity (Wildman–Crippen MR) is 133 cm³/mol. The lowest BCUT2D eigenvalue weighted by Crippen LogP contribution is -2.45. The van der Waals surface area contributed by atoms with Gasteiger partial charge in [-0.05, 0) is 49.6 Å². The molecule has 1 aromatic heterocycles. The Hall–Kier alpha value is -3.93. The van der Waals surface area contributed by atoms with Gasteiger partial charge >= 0.3 is 0 Å². The van der Waals surface area contributed by atoms with Crippen LogP contribution in [0.4, 0.5) is 5.69 Å². The van der Waals surface area contributed by atoms with Crippen molar-refractivity contribution >= 4 is 28.5 Å². The Bertz CT molecular complexity index is 1360. The van der Waals surface area contributed by atoms with E-state index >= 15 is 0 Å². The van der Waals surface area contributed by atoms with Gasteiger partial charge in [0.2, 0.25) is 11.8 Å². The topological polar surface area (TPSA) is 67.2 Å². The van der Waals surface area contributed by atoms with Gasteiger partial charge in [-0.3, -0.25) is 9.59 Å². The highest BCUT2D eigenvalue weighted by Crippen LogP contribution is 2.37. The van der Waals surface area contributed by atoms with Gasteiger partial charge in [-0.15, -0.1) is 0 Å². The largest absolute Gasteiger partial charge is 0.327 e. The molecule has 172 valence electrons. The van der Waals surface area contributed by atoms with Crippen LogP contribution in [-0.2, 0) is 16.1 Å². The van der Waals surface area contributed by atoms with Crippen LogP contribution >= 0.6 is 0 Å². The summed E-state index contributed by atoms with van der Waals surface area (Å²) in [6, 6.07) is 22.8. The average Bonchev–Trinajstić information content (AvgIpc) is 3.22. The van der Waals surface area contributed by atoms with Crippen molar-refractivity contribution in [3.63, 3.8) is 0 Å². The number of hydrogen-bond acceptors (Lipinski definition) is 3. The Morgan fingerprint density at radius 2 is 1.62 bits per heavy atom. The summed E-state index contributed by atoms with van der Waals surface area (Å²) < 4.78 is 1.97. The molecule has 1 N–H and O–H groups in total. The molecule has 0 fully saturated rings. The number of para-hydroxylation sites is 3. The maximum absolute atomic E-state index is 13.9. The summed E-state index contributed by atoms with van der Waals surface area (Å²) >= 11 is 0. The van der Waals surface area contributed by atoms with Crippen molar-refractivity contribution in [3.8, 4) is 0 Å². The zero-order valence-electron chi connectivity index (χ0n) is 19.7. The fourth-order valence-corrected chi connectivity index (χ4v) is 4.87. The molecule has 5 rings (SSSR count). The van der Waals surface area contributed by atoms with Crippen LogP contribution in [0.15, 0.2) is 72.8 Å². The molecule has 1 aliphatic rings. The monoisotopic (exact) mass is 452 g/mol. The SMILES string of the molecule is Cc1cccc(C)c1NC(=O)C[C@@H]1C(=O)N(Cc2ccccc2)[C@H](C)c2nc3ccccc3n21. The molecule has 2 atom stereocenters. The molecule has 0 bridgehead atoms. The van der Waals surface area contributed by atoms with Crippen molar-refractivity contribution in [1.29, 1.82) is 0 Å². The summed E-state index contributed by atoms with van der Waals surface area (Å²) in [5, 5.41) is 3.05. The molecule has 0 unspecified atom stereocenters. The quantitative estimate of drug-likeness (QED) is 0.445. The summed E-state index contributed by atoms with van der Waals surface area (Å²) in [4.78, 5) is 33.8. The van der Waals surface area contributed by atoms with Gasteiger partial charge < -0.3 is 14.8 Å². The van der Waals surface area contributed by atoms with Crippen LogP contribution in [0.5, 0.6) is 0 Å². The van der Waals surface area contributed by atoms with Crippen molar-refractivity contribution in [3.05, 3.63) is 95.3 Å². The Morgan fingerprint density at radius 3 is 2.35 bits per heavy atom. The molecule has 3 aromatic carbocycles. The Balaban J connectivity index is 1.52. The van der Waals surface area contributed by atoms with Crippen LogP contribution in [0.2, 0.25) is 0 Å². The molecular formula is C28H28N4O2. The van der Waals surface area contributed by atoms with Crippen LogP contribution in [0.25, 0.3) is 11.0 Å². The second-order valence-electron chi connectivity index (χ2n) is 8.99. The van der Waals surface area contributed by atoms with Gasteiger partial charge in [0.05, 0.1) is 23.5 Å². The van der Waals surface area contributed by atoms with Crippen LogP contribution in [-0.4, -0.2) is 26.3 Å². The highest BCUT2D eigenvalue weighted by molar-refractivity contribution is 5.97. The molecule has 0 aliphatic carbocycles. The number of imidazole rings is 1. The zero-order chi connectivity index (χ0) is 23.8. The smallest absolute Gasteiger partial charge is 0.247 e. The minimum Gasteiger partial charge on any atom is -0.327 e. The molecule has 0 saturated carbocycles. The minimum absolute atomic E-state index is 0.0397. The number of benzene rings is 3. The third-order valence-corrected chi connectivity index (χ3v) is 6.66. The zero-order valence-corrected chi connectivity index (χ0v) is 19.7. The maximum Gasteiger partial charge on any atom is 0.247 e. The first-order valence-corrected chi connectivity index (χ1v) is 11.6. The van der Waals surface area contributed by atoms with Gasteiger partial charge in [0.1, 0.15) is 11.9 Å². The summed E-state index contributed by atoms with van der Waals surface area (Å²) in [5.41, 5.74) is 5.56. The van der Waals surface area contributed by atoms with Gasteiger partial charge in [-0.2, -0.15) is 0 Å². The van der Waals surface area contributed by atoms with Crippen LogP contribution in [0, 0.1) is 13.8 Å². The molecule has 4 aromatic rings. The molecule has 6 heteroatoms. The normalized spacial score (nSPS) is 17.6. The Kier molecular flexibility index (Phi) is 5.65. The lowest BCUT2D eigenvalue weighted by Gasteiger charge is -2.38. The number of rotatable bonds is 5. The number of nitrogens with zero attached hydrogens (tertiary/aromatic N) is 3. The molecule has 2 heterocycles. The van der Waals surface area contributed by atoms with Gasteiger partial charge in [-0.25, -0.2) is 4.98 Å². The van der Waals surface area contributed by atoms with Crippen molar-refractivity contribution in [1.82, 2.24) is 14.5 Å². The summed E-state index contributed by atoms with van der Waals surface area (Å²) in [6.45, 7) is 6.42. The fourth-order valence-electron chi connectivity index (χ4n) is 4.87. The van der Waals surface area contributed by atoms with E-state index in [0.29, 0.717) is 6.54 Å². The second-order valence-corrected chi connectivity index (χ2v) is 8.99. The third kappa shape index (κ3) is 3.85. The number of amides is 2. The molecule has 0 saturated heterocycles. The van der Waals surface area contributed by atoms with Crippen molar-refractivity contribution < 1.29 is 9.59 Å². The standard InChI is InChI=1S/C28H28N4O2/c1-18-10-9-11-19(2)26(18)30-25(33)16-24-28(34)31(17-21-12-5-4-6-13-21)20(3)27-29-22-14-7-8-15-23(22)32(24)27/h4-15,20,24H,16-17H2,1-3H3,(H,30,33)/t20-,24-/m1/s1. The summed E-state index contributed by atoms with van der Waals surface area (Å²) in [7, 11) is 0. The van der Waals surface area contributed by atoms with Crippen molar-refractivity contribution in [2.75, 3.05) is 5.32 Å². The predicted octanol–water partition coefficient (Wildman–Crippen LogP) is 5.33. The van der Waals surface area contributed by atoms with E-state index in [1.807, 2.05) is 103 Å². The first-order valence-electron chi connectivity index (χ1n) is 11.6. The van der Waals surface area contributed by atoms with Crippen LogP contribution in [0.3, 0.4) is 0 Å². The van der Waals surface area contributed by atoms with E-state index < -0.39 is 6.04 Å². The molecule has 2 amide bonds. The Morgan fingerprint density at radius 1 is 0.941 bits per heavy atom. The molecule has 0 spiro atoms. The van der Waals surface area contributed by atoms with Crippen LogP contribution in [0.1, 0.15) is 47.9 Å². The second kappa shape index (κ2) is 8.78. The molecule has 1 aliphatic heterocycles. The molecule has 34 heavy (non-hydrogen) atoms. The fraction of sp³-hybridized carbons (Fsp3) is 0.250. The lowest BCUT2D eigenvalue weighted by molar-refractivity contribution is -0.142. The van der Waals surface area contributed by atoms with E-state index in [0.717, 1.165) is 39.2 Å². The number of nitrogens with one attached hydrogen (secondary N) is 1.